The summed E-state index contributed by atoms with van der Waals surface area (Å²) in [5, 5.41) is 10.6. The smallest absolute Gasteiger partial charge is 0.154 e. The molecule has 16 heavy (non-hydrogen) atoms. The number of hydrogen-bond acceptors (Lipinski definition) is 3. The highest BCUT2D eigenvalue weighted by molar-refractivity contribution is 6.34. The summed E-state index contributed by atoms with van der Waals surface area (Å²) in [6.45, 7) is 0.577. The van der Waals surface area contributed by atoms with Crippen LogP contribution in [0.4, 0.5) is 5.69 Å². The molecule has 0 aliphatic heterocycles. The van der Waals surface area contributed by atoms with Crippen molar-refractivity contribution in [2.75, 3.05) is 18.5 Å². The first-order chi connectivity index (χ1) is 7.58. The van der Waals surface area contributed by atoms with Crippen molar-refractivity contribution in [2.45, 2.75) is 18.9 Å². The molecule has 1 N–H and O–H groups in total. The van der Waals surface area contributed by atoms with E-state index in [0.717, 1.165) is 18.5 Å². The van der Waals surface area contributed by atoms with E-state index in [0.29, 0.717) is 22.8 Å². The molecular weight excluding hydrogens is 247 g/mol. The molecule has 1 saturated carbocycles. The second-order valence-electron chi connectivity index (χ2n) is 4.23. The van der Waals surface area contributed by atoms with Gasteiger partial charge in [-0.3, -0.25) is 0 Å². The van der Waals surface area contributed by atoms with E-state index < -0.39 is 0 Å². The molecular formula is C11H14Cl2N2O. The maximum atomic E-state index is 9.83. The van der Waals surface area contributed by atoms with Crippen LogP contribution in [0.2, 0.25) is 10.3 Å². The van der Waals surface area contributed by atoms with Gasteiger partial charge in [-0.25, -0.2) is 4.98 Å². The van der Waals surface area contributed by atoms with Crippen LogP contribution in [0.5, 0.6) is 0 Å². The molecule has 0 amide bonds. The second kappa shape index (κ2) is 4.78. The molecule has 1 unspecified atom stereocenters. The molecule has 0 bridgehead atoms. The first kappa shape index (κ1) is 12.0. The van der Waals surface area contributed by atoms with E-state index in [2.05, 4.69) is 4.98 Å². The normalized spacial score (nSPS) is 17.2. The lowest BCUT2D eigenvalue weighted by molar-refractivity contribution is 0.158. The third-order valence-corrected chi connectivity index (χ3v) is 3.32. The van der Waals surface area contributed by atoms with Crippen LogP contribution in [0.25, 0.3) is 0 Å². The quantitative estimate of drug-likeness (QED) is 0.846. The maximum absolute atomic E-state index is 9.83. The molecule has 0 saturated heterocycles. The van der Waals surface area contributed by atoms with Gasteiger partial charge in [0.1, 0.15) is 5.15 Å². The molecule has 3 nitrogen and oxygen atoms in total. The maximum Gasteiger partial charge on any atom is 0.154 e. The van der Waals surface area contributed by atoms with Gasteiger partial charge in [0.15, 0.2) is 5.15 Å². The number of aliphatic hydroxyl groups is 1. The number of pyridine rings is 1. The van der Waals surface area contributed by atoms with Crippen molar-refractivity contribution in [3.63, 3.8) is 0 Å². The molecule has 1 aliphatic rings. The number of aliphatic hydroxyl groups excluding tert-OH is 1. The lowest BCUT2D eigenvalue weighted by Gasteiger charge is -2.23. The fraction of sp³-hybridized carbons (Fsp3) is 0.545. The molecule has 0 spiro atoms. The largest absolute Gasteiger partial charge is 0.391 e. The van der Waals surface area contributed by atoms with Crippen molar-refractivity contribution < 1.29 is 5.11 Å². The predicted octanol–water partition coefficient (Wildman–Crippen LogP) is 2.60. The minimum atomic E-state index is -0.281. The zero-order valence-electron chi connectivity index (χ0n) is 9.03. The Hall–Kier alpha value is -0.510. The van der Waals surface area contributed by atoms with Crippen LogP contribution in [0, 0.1) is 5.92 Å². The molecule has 0 radical (unpaired) electrons. The highest BCUT2D eigenvalue weighted by Crippen LogP contribution is 2.34. The van der Waals surface area contributed by atoms with Gasteiger partial charge in [0.2, 0.25) is 0 Å². The topological polar surface area (TPSA) is 36.4 Å². The molecule has 0 aromatic carbocycles. The van der Waals surface area contributed by atoms with Crippen molar-refractivity contribution in [1.82, 2.24) is 4.98 Å². The summed E-state index contributed by atoms with van der Waals surface area (Å²) in [4.78, 5) is 5.88. The number of rotatable bonds is 4. The Balaban J connectivity index is 2.04. The zero-order chi connectivity index (χ0) is 11.7. The van der Waals surface area contributed by atoms with Gasteiger partial charge in [0.25, 0.3) is 0 Å². The van der Waals surface area contributed by atoms with Gasteiger partial charge in [-0.2, -0.15) is 0 Å². The SMILES string of the molecule is CN(CC(O)C1CC1)c1ccc(Cl)nc1Cl. The van der Waals surface area contributed by atoms with Crippen LogP contribution in [0.15, 0.2) is 12.1 Å². The van der Waals surface area contributed by atoms with Crippen LogP contribution >= 0.6 is 23.2 Å². The van der Waals surface area contributed by atoms with Gasteiger partial charge >= 0.3 is 0 Å². The molecule has 2 rings (SSSR count). The third-order valence-electron chi connectivity index (χ3n) is 2.83. The van der Waals surface area contributed by atoms with Crippen LogP contribution in [-0.4, -0.2) is 29.8 Å². The van der Waals surface area contributed by atoms with Crippen LogP contribution in [0.3, 0.4) is 0 Å². The molecule has 1 fully saturated rings. The Morgan fingerprint density at radius 3 is 2.75 bits per heavy atom. The summed E-state index contributed by atoms with van der Waals surface area (Å²) in [7, 11) is 1.89. The molecule has 5 heteroatoms. The van der Waals surface area contributed by atoms with Gasteiger partial charge in [-0.15, -0.1) is 0 Å². The monoisotopic (exact) mass is 260 g/mol. The Bertz CT molecular complexity index is 382. The molecule has 1 heterocycles. The average Bonchev–Trinajstić information content (AvgIpc) is 2.99. The summed E-state index contributed by atoms with van der Waals surface area (Å²) >= 11 is 11.7. The fourth-order valence-electron chi connectivity index (χ4n) is 1.70. The summed E-state index contributed by atoms with van der Waals surface area (Å²) in [6, 6.07) is 3.51. The number of anilines is 1. The van der Waals surface area contributed by atoms with Crippen LogP contribution in [0.1, 0.15) is 12.8 Å². The number of hydrogen-bond donors (Lipinski definition) is 1. The van der Waals surface area contributed by atoms with Crippen molar-refractivity contribution in [2.24, 2.45) is 5.92 Å². The standard InChI is InChI=1S/C11H14Cl2N2O/c1-15(6-9(16)7-2-3-7)8-4-5-10(12)14-11(8)13/h4-5,7,9,16H,2-3,6H2,1H3. The number of nitrogens with zero attached hydrogens (tertiary/aromatic N) is 2. The van der Waals surface area contributed by atoms with E-state index in [4.69, 9.17) is 23.2 Å². The predicted molar refractivity (Wildman–Crippen MR) is 66.3 cm³/mol. The van der Waals surface area contributed by atoms with Crippen molar-refractivity contribution in [3.8, 4) is 0 Å². The van der Waals surface area contributed by atoms with Gasteiger partial charge < -0.3 is 10.0 Å². The van der Waals surface area contributed by atoms with Gasteiger partial charge in [-0.05, 0) is 30.9 Å². The summed E-state index contributed by atoms with van der Waals surface area (Å²) in [5.74, 6) is 0.460. The van der Waals surface area contributed by atoms with Gasteiger partial charge in [-0.1, -0.05) is 23.2 Å². The number of aromatic nitrogens is 1. The molecule has 88 valence electrons. The minimum Gasteiger partial charge on any atom is -0.391 e. The lowest BCUT2D eigenvalue weighted by Crippen LogP contribution is -2.30. The number of halogens is 2. The summed E-state index contributed by atoms with van der Waals surface area (Å²) < 4.78 is 0. The van der Waals surface area contributed by atoms with E-state index in [1.165, 1.54) is 0 Å². The molecule has 1 aromatic heterocycles. The Labute approximate surface area is 105 Å². The van der Waals surface area contributed by atoms with Gasteiger partial charge in [0, 0.05) is 13.6 Å². The summed E-state index contributed by atoms with van der Waals surface area (Å²) in [6.07, 6.45) is 1.97. The first-order valence-corrected chi connectivity index (χ1v) is 6.05. The first-order valence-electron chi connectivity index (χ1n) is 5.29. The highest BCUT2D eigenvalue weighted by Gasteiger charge is 2.30. The van der Waals surface area contributed by atoms with Gasteiger partial charge in [0.05, 0.1) is 11.8 Å². The summed E-state index contributed by atoms with van der Waals surface area (Å²) in [5.41, 5.74) is 0.797. The van der Waals surface area contributed by atoms with Crippen LogP contribution < -0.4 is 4.90 Å². The Kier molecular flexibility index (Phi) is 3.57. The van der Waals surface area contributed by atoms with Crippen molar-refractivity contribution >= 4 is 28.9 Å². The van der Waals surface area contributed by atoms with E-state index >= 15 is 0 Å². The molecule has 1 aliphatic carbocycles. The highest BCUT2D eigenvalue weighted by atomic mass is 35.5. The average molecular weight is 261 g/mol. The zero-order valence-corrected chi connectivity index (χ0v) is 10.5. The minimum absolute atomic E-state index is 0.281. The van der Waals surface area contributed by atoms with E-state index in [1.807, 2.05) is 18.0 Å². The third kappa shape index (κ3) is 2.78. The molecule has 1 atom stereocenters. The Morgan fingerprint density at radius 1 is 1.50 bits per heavy atom. The van der Waals surface area contributed by atoms with E-state index in [1.54, 1.807) is 6.07 Å². The fourth-order valence-corrected chi connectivity index (χ4v) is 2.19. The second-order valence-corrected chi connectivity index (χ2v) is 4.97. The van der Waals surface area contributed by atoms with E-state index in [-0.39, 0.29) is 6.10 Å². The lowest BCUT2D eigenvalue weighted by atomic mass is 10.2. The number of likely N-dealkylation sites (N-methyl/N-ethyl adjacent to an activating group) is 1. The van der Waals surface area contributed by atoms with Crippen molar-refractivity contribution in [1.29, 1.82) is 0 Å². The van der Waals surface area contributed by atoms with Crippen molar-refractivity contribution in [3.05, 3.63) is 22.4 Å². The van der Waals surface area contributed by atoms with Crippen LogP contribution in [-0.2, 0) is 0 Å². The van der Waals surface area contributed by atoms with E-state index in [9.17, 15) is 5.11 Å². The molecule has 1 aromatic rings. The Morgan fingerprint density at radius 2 is 2.19 bits per heavy atom.